The van der Waals surface area contributed by atoms with Crippen molar-refractivity contribution in [3.63, 3.8) is 0 Å². The third kappa shape index (κ3) is 3.75. The predicted molar refractivity (Wildman–Crippen MR) is 98.6 cm³/mol. The lowest BCUT2D eigenvalue weighted by molar-refractivity contribution is 0.0946. The number of nitrogens with two attached hydrogens (primary N) is 1. The molecule has 8 heteroatoms. The summed E-state index contributed by atoms with van der Waals surface area (Å²) in [5, 5.41) is 3.80. The Bertz CT molecular complexity index is 918. The molecule has 4 N–H and O–H groups in total. The number of rotatable bonds is 4. The van der Waals surface area contributed by atoms with Gasteiger partial charge in [0.25, 0.3) is 5.91 Å². The number of halogens is 2. The van der Waals surface area contributed by atoms with Gasteiger partial charge < -0.3 is 16.0 Å². The maximum Gasteiger partial charge on any atom is 0.267 e. The lowest BCUT2D eigenvalue weighted by Gasteiger charge is -2.08. The van der Waals surface area contributed by atoms with Gasteiger partial charge in [-0.25, -0.2) is 9.97 Å². The van der Waals surface area contributed by atoms with E-state index < -0.39 is 0 Å². The molecule has 0 bridgehead atoms. The van der Waals surface area contributed by atoms with Crippen molar-refractivity contribution in [1.82, 2.24) is 20.3 Å². The van der Waals surface area contributed by atoms with Gasteiger partial charge in [0, 0.05) is 40.1 Å². The van der Waals surface area contributed by atoms with Crippen LogP contribution >= 0.6 is 23.2 Å². The number of aromatic amines is 1. The summed E-state index contributed by atoms with van der Waals surface area (Å²) in [6.07, 6.45) is 3.34. The molecule has 0 aliphatic carbocycles. The van der Waals surface area contributed by atoms with Crippen molar-refractivity contribution in [2.45, 2.75) is 13.5 Å². The summed E-state index contributed by atoms with van der Waals surface area (Å²) in [5.74, 6) is -0.0944. The van der Waals surface area contributed by atoms with Crippen LogP contribution in [0.5, 0.6) is 0 Å². The third-order valence-corrected chi connectivity index (χ3v) is 4.39. The lowest BCUT2D eigenvalue weighted by Crippen LogP contribution is -2.23. The number of benzene rings is 1. The van der Waals surface area contributed by atoms with Gasteiger partial charge >= 0.3 is 0 Å². The van der Waals surface area contributed by atoms with E-state index in [4.69, 9.17) is 28.9 Å². The largest absolute Gasteiger partial charge is 0.368 e. The van der Waals surface area contributed by atoms with Crippen molar-refractivity contribution in [1.29, 1.82) is 0 Å². The van der Waals surface area contributed by atoms with E-state index in [9.17, 15) is 4.79 Å². The van der Waals surface area contributed by atoms with E-state index in [-0.39, 0.29) is 18.4 Å². The zero-order valence-corrected chi connectivity index (χ0v) is 14.8. The monoisotopic (exact) mass is 375 g/mol. The summed E-state index contributed by atoms with van der Waals surface area (Å²) >= 11 is 12.2. The van der Waals surface area contributed by atoms with E-state index in [1.165, 1.54) is 0 Å². The van der Waals surface area contributed by atoms with Gasteiger partial charge in [-0.1, -0.05) is 29.3 Å². The Kier molecular flexibility index (Phi) is 4.92. The standard InChI is InChI=1S/C17H15Cl2N5O/c1-9-6-23-17(20)24-15(9)10-5-14(21-7-10)16(25)22-8-11-12(18)3-2-4-13(11)19/h2-7,21H,8H2,1H3,(H,22,25)(H2,20,23,24). The zero-order chi connectivity index (χ0) is 18.0. The molecule has 25 heavy (non-hydrogen) atoms. The molecule has 0 atom stereocenters. The molecule has 0 saturated heterocycles. The van der Waals surface area contributed by atoms with E-state index in [2.05, 4.69) is 20.3 Å². The summed E-state index contributed by atoms with van der Waals surface area (Å²) in [6, 6.07) is 6.91. The average Bonchev–Trinajstić information content (AvgIpc) is 3.06. The number of hydrogen-bond donors (Lipinski definition) is 3. The van der Waals surface area contributed by atoms with Crippen LogP contribution in [0.15, 0.2) is 36.7 Å². The molecule has 3 rings (SSSR count). The quantitative estimate of drug-likeness (QED) is 0.648. The van der Waals surface area contributed by atoms with Crippen LogP contribution in [0.3, 0.4) is 0 Å². The SMILES string of the molecule is Cc1cnc(N)nc1-c1c[nH]c(C(=O)NCc2c(Cl)cccc2Cl)c1. The highest BCUT2D eigenvalue weighted by atomic mass is 35.5. The topological polar surface area (TPSA) is 96.7 Å². The van der Waals surface area contributed by atoms with Gasteiger partial charge in [0.05, 0.1) is 5.69 Å². The number of nitrogens with zero attached hydrogens (tertiary/aromatic N) is 2. The molecule has 1 aromatic carbocycles. The van der Waals surface area contributed by atoms with Crippen LogP contribution in [0.1, 0.15) is 21.6 Å². The molecule has 0 aliphatic rings. The zero-order valence-electron chi connectivity index (χ0n) is 13.3. The third-order valence-electron chi connectivity index (χ3n) is 3.68. The number of carbonyl (C=O) groups excluding carboxylic acids is 1. The minimum atomic E-state index is -0.276. The predicted octanol–water partition coefficient (Wildman–Crippen LogP) is 3.60. The summed E-state index contributed by atoms with van der Waals surface area (Å²) in [5.41, 5.74) is 9.00. The van der Waals surface area contributed by atoms with Crippen LogP contribution in [0.25, 0.3) is 11.3 Å². The van der Waals surface area contributed by atoms with Gasteiger partial charge in [0.1, 0.15) is 5.69 Å². The van der Waals surface area contributed by atoms with Crippen LogP contribution in [0.4, 0.5) is 5.95 Å². The van der Waals surface area contributed by atoms with Gasteiger partial charge in [-0.3, -0.25) is 4.79 Å². The van der Waals surface area contributed by atoms with Crippen LogP contribution in [-0.2, 0) is 6.54 Å². The molecular formula is C17H15Cl2N5O. The molecular weight excluding hydrogens is 361 g/mol. The number of nitrogen functional groups attached to an aromatic ring is 1. The summed E-state index contributed by atoms with van der Waals surface area (Å²) < 4.78 is 0. The number of hydrogen-bond acceptors (Lipinski definition) is 4. The Morgan fingerprint density at radius 1 is 1.32 bits per heavy atom. The van der Waals surface area contributed by atoms with Gasteiger partial charge in [-0.2, -0.15) is 0 Å². The Morgan fingerprint density at radius 3 is 2.76 bits per heavy atom. The molecule has 1 amide bonds. The van der Waals surface area contributed by atoms with Crippen LogP contribution in [-0.4, -0.2) is 20.9 Å². The van der Waals surface area contributed by atoms with E-state index in [0.717, 1.165) is 11.1 Å². The van der Waals surface area contributed by atoms with E-state index in [1.807, 2.05) is 6.92 Å². The van der Waals surface area contributed by atoms with Crippen LogP contribution in [0, 0.1) is 6.92 Å². The highest BCUT2D eigenvalue weighted by Crippen LogP contribution is 2.25. The van der Waals surface area contributed by atoms with E-state index in [1.54, 1.807) is 36.7 Å². The number of carbonyl (C=O) groups is 1. The Balaban J connectivity index is 1.76. The van der Waals surface area contributed by atoms with Gasteiger partial charge in [0.2, 0.25) is 5.95 Å². The van der Waals surface area contributed by atoms with Crippen LogP contribution < -0.4 is 11.1 Å². The number of anilines is 1. The Morgan fingerprint density at radius 2 is 2.04 bits per heavy atom. The van der Waals surface area contributed by atoms with Gasteiger partial charge in [0.15, 0.2) is 0 Å². The van der Waals surface area contributed by atoms with Crippen molar-refractivity contribution in [2.75, 3.05) is 5.73 Å². The maximum atomic E-state index is 12.4. The first kappa shape index (κ1) is 17.3. The van der Waals surface area contributed by atoms with E-state index in [0.29, 0.717) is 27.0 Å². The highest BCUT2D eigenvalue weighted by molar-refractivity contribution is 6.36. The molecule has 0 radical (unpaired) electrons. The first-order valence-electron chi connectivity index (χ1n) is 7.44. The molecule has 0 aliphatic heterocycles. The number of H-pyrrole nitrogens is 1. The summed E-state index contributed by atoms with van der Waals surface area (Å²) in [4.78, 5) is 23.4. The molecule has 128 valence electrons. The molecule has 0 fully saturated rings. The fourth-order valence-corrected chi connectivity index (χ4v) is 2.91. The minimum absolute atomic E-state index is 0.182. The molecule has 6 nitrogen and oxygen atoms in total. The normalized spacial score (nSPS) is 10.7. The Labute approximate surface area is 154 Å². The van der Waals surface area contributed by atoms with Gasteiger partial charge in [-0.15, -0.1) is 0 Å². The second kappa shape index (κ2) is 7.13. The van der Waals surface area contributed by atoms with Crippen molar-refractivity contribution in [3.8, 4) is 11.3 Å². The van der Waals surface area contributed by atoms with Crippen molar-refractivity contribution in [2.24, 2.45) is 0 Å². The second-order valence-electron chi connectivity index (χ2n) is 5.44. The fourth-order valence-electron chi connectivity index (χ4n) is 2.38. The Hall–Kier alpha value is -2.57. The second-order valence-corrected chi connectivity index (χ2v) is 6.26. The van der Waals surface area contributed by atoms with E-state index >= 15 is 0 Å². The molecule has 0 spiro atoms. The first-order valence-corrected chi connectivity index (χ1v) is 8.20. The smallest absolute Gasteiger partial charge is 0.267 e. The van der Waals surface area contributed by atoms with Crippen molar-refractivity contribution < 1.29 is 4.79 Å². The van der Waals surface area contributed by atoms with Crippen molar-refractivity contribution in [3.05, 3.63) is 63.5 Å². The van der Waals surface area contributed by atoms with Crippen molar-refractivity contribution >= 4 is 35.1 Å². The molecule has 2 aromatic heterocycles. The summed E-state index contributed by atoms with van der Waals surface area (Å²) in [6.45, 7) is 2.10. The van der Waals surface area contributed by atoms with Crippen LogP contribution in [0.2, 0.25) is 10.0 Å². The molecule has 3 aromatic rings. The molecule has 2 heterocycles. The minimum Gasteiger partial charge on any atom is -0.368 e. The summed E-state index contributed by atoms with van der Waals surface area (Å²) in [7, 11) is 0. The van der Waals surface area contributed by atoms with Gasteiger partial charge in [-0.05, 0) is 30.7 Å². The number of nitrogens with one attached hydrogen (secondary N) is 2. The number of aromatic nitrogens is 3. The number of amides is 1. The number of aryl methyl sites for hydroxylation is 1. The fraction of sp³-hybridized carbons (Fsp3) is 0.118. The molecule has 0 saturated carbocycles. The first-order chi connectivity index (χ1) is 12.0. The highest BCUT2D eigenvalue weighted by Gasteiger charge is 2.13. The molecule has 0 unspecified atom stereocenters. The lowest BCUT2D eigenvalue weighted by atomic mass is 10.1. The average molecular weight is 376 g/mol. The maximum absolute atomic E-state index is 12.4.